The van der Waals surface area contributed by atoms with Crippen LogP contribution in [-0.2, 0) is 0 Å². The Bertz CT molecular complexity index is 946. The Morgan fingerprint density at radius 3 is 2.20 bits per heavy atom. The monoisotopic (exact) mass is 329 g/mol. The van der Waals surface area contributed by atoms with E-state index in [9.17, 15) is 0 Å². The number of rotatable bonds is 2. The van der Waals surface area contributed by atoms with Gasteiger partial charge in [-0.1, -0.05) is 42.5 Å². The first-order valence-electron chi connectivity index (χ1n) is 8.65. The molecule has 4 rings (SSSR count). The first-order chi connectivity index (χ1) is 12.1. The zero-order chi connectivity index (χ0) is 17.4. The molecule has 1 heterocycles. The number of para-hydroxylation sites is 2. The Labute approximate surface area is 149 Å². The Kier molecular flexibility index (Phi) is 3.74. The fourth-order valence-corrected chi connectivity index (χ4v) is 3.86. The van der Waals surface area contributed by atoms with Crippen LogP contribution in [0.2, 0.25) is 0 Å². The van der Waals surface area contributed by atoms with Crippen molar-refractivity contribution in [2.75, 3.05) is 13.7 Å². The van der Waals surface area contributed by atoms with Gasteiger partial charge in [0.1, 0.15) is 5.69 Å². The molecule has 1 atom stereocenters. The Balaban J connectivity index is 1.98. The Morgan fingerprint density at radius 1 is 0.880 bits per heavy atom. The van der Waals surface area contributed by atoms with E-state index in [-0.39, 0.29) is 0 Å². The molecular weight excluding hydrogens is 306 g/mol. The minimum absolute atomic E-state index is 0.709. The average molecular weight is 329 g/mol. The number of fused-ring (bicyclic) bond motifs is 1. The fraction of sp³-hybridized carbons (Fsp3) is 0.182. The van der Waals surface area contributed by atoms with Crippen molar-refractivity contribution in [1.82, 2.24) is 4.48 Å². The minimum Gasteiger partial charge on any atom is -0.202 e. The van der Waals surface area contributed by atoms with Gasteiger partial charge >= 0.3 is 6.67 Å². The van der Waals surface area contributed by atoms with Crippen molar-refractivity contribution in [2.45, 2.75) is 13.8 Å². The summed E-state index contributed by atoms with van der Waals surface area (Å²) >= 11 is 0. The van der Waals surface area contributed by atoms with Crippen LogP contribution in [-0.4, -0.2) is 18.4 Å². The van der Waals surface area contributed by atoms with Crippen LogP contribution < -0.4 is 4.48 Å². The van der Waals surface area contributed by atoms with Gasteiger partial charge in [0.05, 0.1) is 7.05 Å². The SMILES string of the molecule is Cc1cc(C)c2c(c1)N=[N+](c1ccccc1)C[N@@+]2(C)c1ccccc1. The molecule has 0 N–H and O–H groups in total. The summed E-state index contributed by atoms with van der Waals surface area (Å²) in [6.45, 7) is 5.10. The number of aryl methyl sites for hydroxylation is 2. The molecule has 0 radical (unpaired) electrons. The van der Waals surface area contributed by atoms with Gasteiger partial charge in [-0.25, -0.2) is 4.48 Å². The molecule has 3 heteroatoms. The second-order valence-electron chi connectivity index (χ2n) is 6.95. The Morgan fingerprint density at radius 2 is 1.52 bits per heavy atom. The second kappa shape index (κ2) is 5.94. The lowest BCUT2D eigenvalue weighted by Gasteiger charge is -2.34. The molecule has 0 aliphatic carbocycles. The molecule has 1 aliphatic heterocycles. The van der Waals surface area contributed by atoms with Crippen LogP contribution in [0.5, 0.6) is 0 Å². The van der Waals surface area contributed by atoms with Crippen molar-refractivity contribution < 1.29 is 4.70 Å². The van der Waals surface area contributed by atoms with E-state index in [1.54, 1.807) is 0 Å². The molecule has 0 amide bonds. The van der Waals surface area contributed by atoms with Crippen molar-refractivity contribution >= 4 is 22.7 Å². The molecule has 3 nitrogen and oxygen atoms in total. The summed E-state index contributed by atoms with van der Waals surface area (Å²) in [6.07, 6.45) is 0. The molecule has 25 heavy (non-hydrogen) atoms. The molecule has 0 fully saturated rings. The van der Waals surface area contributed by atoms with Crippen LogP contribution >= 0.6 is 0 Å². The third-order valence-corrected chi connectivity index (χ3v) is 4.94. The van der Waals surface area contributed by atoms with Gasteiger partial charge in [0.25, 0.3) is 0 Å². The number of azo groups is 2. The zero-order valence-corrected chi connectivity index (χ0v) is 15.0. The zero-order valence-electron chi connectivity index (χ0n) is 15.0. The van der Waals surface area contributed by atoms with E-state index >= 15 is 0 Å². The van der Waals surface area contributed by atoms with Gasteiger partial charge < -0.3 is 0 Å². The third-order valence-electron chi connectivity index (χ3n) is 4.94. The fourth-order valence-electron chi connectivity index (χ4n) is 3.86. The molecule has 3 aromatic rings. The topological polar surface area (TPSA) is 15.4 Å². The van der Waals surface area contributed by atoms with E-state index in [1.165, 1.54) is 22.5 Å². The number of nitrogens with zero attached hydrogens (tertiary/aromatic N) is 3. The van der Waals surface area contributed by atoms with Gasteiger partial charge in [-0.2, -0.15) is 0 Å². The summed E-state index contributed by atoms with van der Waals surface area (Å²) in [4.78, 5) is 0. The lowest BCUT2D eigenvalue weighted by atomic mass is 10.0. The number of benzene rings is 3. The number of quaternary nitrogens is 1. The van der Waals surface area contributed by atoms with E-state index in [0.717, 1.165) is 18.0 Å². The van der Waals surface area contributed by atoms with E-state index < -0.39 is 0 Å². The number of hydrogen-bond donors (Lipinski definition) is 0. The van der Waals surface area contributed by atoms with Crippen molar-refractivity contribution in [3.05, 3.63) is 83.9 Å². The van der Waals surface area contributed by atoms with E-state index in [2.05, 4.69) is 92.3 Å². The van der Waals surface area contributed by atoms with Crippen molar-refractivity contribution in [2.24, 2.45) is 5.11 Å². The maximum Gasteiger partial charge on any atom is 0.311 e. The van der Waals surface area contributed by atoms with Gasteiger partial charge in [-0.3, -0.25) is 0 Å². The molecule has 0 bridgehead atoms. The van der Waals surface area contributed by atoms with E-state index in [1.807, 2.05) is 6.07 Å². The molecule has 0 unspecified atom stereocenters. The normalized spacial score (nSPS) is 19.2. The second-order valence-corrected chi connectivity index (χ2v) is 6.95. The number of hydrogen-bond acceptors (Lipinski definition) is 1. The first kappa shape index (κ1) is 15.7. The van der Waals surface area contributed by atoms with Crippen molar-refractivity contribution in [3.63, 3.8) is 0 Å². The molecule has 3 aromatic carbocycles. The van der Waals surface area contributed by atoms with Crippen LogP contribution in [0.3, 0.4) is 0 Å². The molecule has 0 spiro atoms. The molecular formula is C22H23N3+2. The van der Waals surface area contributed by atoms with Gasteiger partial charge in [0.15, 0.2) is 11.4 Å². The highest BCUT2D eigenvalue weighted by molar-refractivity contribution is 5.74. The molecule has 124 valence electrons. The van der Waals surface area contributed by atoms with Gasteiger partial charge in [0, 0.05) is 22.8 Å². The van der Waals surface area contributed by atoms with Crippen molar-refractivity contribution in [1.29, 1.82) is 0 Å². The lowest BCUT2D eigenvalue weighted by Crippen LogP contribution is -2.46. The van der Waals surface area contributed by atoms with Crippen LogP contribution in [0.15, 0.2) is 77.9 Å². The highest BCUT2D eigenvalue weighted by Gasteiger charge is 2.42. The third kappa shape index (κ3) is 2.67. The Hall–Kier alpha value is -2.78. The standard InChI is InChI=1S/C22H23N3/c1-17-14-18(2)22-21(15-17)23-24(19-10-6-4-7-11-19)16-25(22,3)20-12-8-5-9-13-20/h4-15H,16H2,1-3H3/q+2/t25-/m0/s1. The first-order valence-corrected chi connectivity index (χ1v) is 8.65. The molecule has 0 saturated carbocycles. The summed E-state index contributed by atoms with van der Waals surface area (Å²) in [6, 6.07) is 25.6. The predicted octanol–water partition coefficient (Wildman–Crippen LogP) is 5.97. The van der Waals surface area contributed by atoms with Crippen LogP contribution in [0.4, 0.5) is 22.7 Å². The maximum atomic E-state index is 4.98. The van der Waals surface area contributed by atoms with Crippen molar-refractivity contribution in [3.8, 4) is 0 Å². The quantitative estimate of drug-likeness (QED) is 0.406. The summed E-state index contributed by atoms with van der Waals surface area (Å²) in [5.74, 6) is 0. The summed E-state index contributed by atoms with van der Waals surface area (Å²) < 4.78 is 2.83. The average Bonchev–Trinajstić information content (AvgIpc) is 2.62. The predicted molar refractivity (Wildman–Crippen MR) is 103 cm³/mol. The van der Waals surface area contributed by atoms with Gasteiger partial charge in [0.2, 0.25) is 5.69 Å². The smallest absolute Gasteiger partial charge is 0.202 e. The van der Waals surface area contributed by atoms with Gasteiger partial charge in [-0.15, -0.1) is 0 Å². The molecule has 0 aromatic heterocycles. The lowest BCUT2D eigenvalue weighted by molar-refractivity contribution is -0.527. The van der Waals surface area contributed by atoms with Crippen LogP contribution in [0.25, 0.3) is 0 Å². The van der Waals surface area contributed by atoms with Gasteiger partial charge in [-0.05, 0) is 42.3 Å². The summed E-state index contributed by atoms with van der Waals surface area (Å²) in [5, 5.41) is 4.98. The summed E-state index contributed by atoms with van der Waals surface area (Å²) in [7, 11) is 2.28. The summed E-state index contributed by atoms with van der Waals surface area (Å²) in [5.41, 5.74) is 7.26. The maximum absolute atomic E-state index is 4.98. The van der Waals surface area contributed by atoms with Crippen LogP contribution in [0, 0.1) is 13.8 Å². The minimum atomic E-state index is 0.709. The van der Waals surface area contributed by atoms with E-state index in [0.29, 0.717) is 4.48 Å². The molecule has 1 aliphatic rings. The molecule has 0 saturated heterocycles. The van der Waals surface area contributed by atoms with E-state index in [4.69, 9.17) is 5.11 Å². The van der Waals surface area contributed by atoms with Crippen LogP contribution in [0.1, 0.15) is 11.1 Å². The largest absolute Gasteiger partial charge is 0.311 e. The highest BCUT2D eigenvalue weighted by atomic mass is 15.5. The highest BCUT2D eigenvalue weighted by Crippen LogP contribution is 2.46.